The van der Waals surface area contributed by atoms with Crippen molar-refractivity contribution in [2.45, 2.75) is 83.8 Å². The molecule has 1 N–H and O–H groups in total. The minimum absolute atomic E-state index is 0.648. The molecule has 2 fully saturated rings. The molecule has 25 heavy (non-hydrogen) atoms. The van der Waals surface area contributed by atoms with Gasteiger partial charge < -0.3 is 10.1 Å². The van der Waals surface area contributed by atoms with Gasteiger partial charge in [-0.15, -0.1) is 0 Å². The number of fused-ring (bicyclic) bond motifs is 1. The summed E-state index contributed by atoms with van der Waals surface area (Å²) >= 11 is 0. The molecule has 0 bridgehead atoms. The average Bonchev–Trinajstić information content (AvgIpc) is 3.10. The Morgan fingerprint density at radius 3 is 2.80 bits per heavy atom. The number of ether oxygens (including phenoxy) is 1. The lowest BCUT2D eigenvalue weighted by Crippen LogP contribution is -2.50. The van der Waals surface area contributed by atoms with Gasteiger partial charge in [0.05, 0.1) is 6.61 Å². The summed E-state index contributed by atoms with van der Waals surface area (Å²) < 4.78 is 6.14. The molecule has 2 aliphatic rings. The molecule has 2 saturated heterocycles. The van der Waals surface area contributed by atoms with Crippen molar-refractivity contribution < 1.29 is 4.74 Å². The SMILES string of the molecule is CCCCCCOc1cc(C)ccc1CNC1CCCN2CCCC12. The zero-order valence-corrected chi connectivity index (χ0v) is 16.2. The van der Waals surface area contributed by atoms with Crippen molar-refractivity contribution in [1.82, 2.24) is 10.2 Å². The average molecular weight is 345 g/mol. The lowest BCUT2D eigenvalue weighted by molar-refractivity contribution is 0.153. The van der Waals surface area contributed by atoms with Crippen molar-refractivity contribution in [3.8, 4) is 5.75 Å². The van der Waals surface area contributed by atoms with Gasteiger partial charge in [0.2, 0.25) is 0 Å². The number of aryl methyl sites for hydroxylation is 1. The van der Waals surface area contributed by atoms with Crippen molar-refractivity contribution >= 4 is 0 Å². The first-order valence-corrected chi connectivity index (χ1v) is 10.5. The van der Waals surface area contributed by atoms with Crippen LogP contribution >= 0.6 is 0 Å². The van der Waals surface area contributed by atoms with Gasteiger partial charge in [-0.25, -0.2) is 0 Å². The van der Waals surface area contributed by atoms with Gasteiger partial charge in [0.1, 0.15) is 5.75 Å². The highest BCUT2D eigenvalue weighted by Gasteiger charge is 2.34. The summed E-state index contributed by atoms with van der Waals surface area (Å²) in [7, 11) is 0. The van der Waals surface area contributed by atoms with E-state index in [0.717, 1.165) is 31.4 Å². The summed E-state index contributed by atoms with van der Waals surface area (Å²) in [4.78, 5) is 2.70. The predicted octanol–water partition coefficient (Wildman–Crippen LogP) is 4.67. The third-order valence-corrected chi connectivity index (χ3v) is 5.87. The predicted molar refractivity (Wildman–Crippen MR) is 105 cm³/mol. The molecule has 2 atom stereocenters. The summed E-state index contributed by atoms with van der Waals surface area (Å²) in [5.74, 6) is 1.09. The lowest BCUT2D eigenvalue weighted by atomic mass is 9.96. The van der Waals surface area contributed by atoms with Crippen LogP contribution in [0.15, 0.2) is 18.2 Å². The quantitative estimate of drug-likeness (QED) is 0.659. The van der Waals surface area contributed by atoms with Crippen LogP contribution < -0.4 is 10.1 Å². The summed E-state index contributed by atoms with van der Waals surface area (Å²) in [5.41, 5.74) is 2.60. The molecule has 140 valence electrons. The highest BCUT2D eigenvalue weighted by molar-refractivity contribution is 5.37. The highest BCUT2D eigenvalue weighted by Crippen LogP contribution is 2.28. The first-order chi connectivity index (χ1) is 12.3. The second kappa shape index (κ2) is 9.59. The molecule has 2 unspecified atom stereocenters. The standard InChI is InChI=1S/C22H36N2O/c1-3-4-5-6-15-25-22-16-18(2)11-12-19(22)17-23-20-9-7-13-24-14-8-10-21(20)24/h11-12,16,20-21,23H,3-10,13-15,17H2,1-2H3. The van der Waals surface area contributed by atoms with E-state index in [2.05, 4.69) is 42.3 Å². The topological polar surface area (TPSA) is 24.5 Å². The number of hydrogen-bond donors (Lipinski definition) is 1. The van der Waals surface area contributed by atoms with Gasteiger partial charge in [-0.2, -0.15) is 0 Å². The molecule has 0 aliphatic carbocycles. The maximum Gasteiger partial charge on any atom is 0.124 e. The Labute approximate surface area is 154 Å². The third-order valence-electron chi connectivity index (χ3n) is 5.87. The van der Waals surface area contributed by atoms with E-state index in [-0.39, 0.29) is 0 Å². The largest absolute Gasteiger partial charge is 0.493 e. The molecule has 2 aliphatic heterocycles. The van der Waals surface area contributed by atoms with E-state index in [9.17, 15) is 0 Å². The Morgan fingerprint density at radius 2 is 1.96 bits per heavy atom. The number of rotatable bonds is 9. The fourth-order valence-electron chi connectivity index (χ4n) is 4.42. The molecule has 3 nitrogen and oxygen atoms in total. The van der Waals surface area contributed by atoms with Crippen LogP contribution in [0.3, 0.4) is 0 Å². The fourth-order valence-corrected chi connectivity index (χ4v) is 4.42. The van der Waals surface area contributed by atoms with E-state index in [1.807, 2.05) is 0 Å². The fraction of sp³-hybridized carbons (Fsp3) is 0.727. The Bertz CT molecular complexity index is 531. The van der Waals surface area contributed by atoms with E-state index in [1.165, 1.54) is 69.2 Å². The molecule has 0 aromatic heterocycles. The van der Waals surface area contributed by atoms with Gasteiger partial charge in [-0.1, -0.05) is 38.3 Å². The van der Waals surface area contributed by atoms with E-state index in [1.54, 1.807) is 0 Å². The van der Waals surface area contributed by atoms with Crippen LogP contribution in [0.1, 0.15) is 69.4 Å². The van der Waals surface area contributed by atoms with Crippen LogP contribution in [0.5, 0.6) is 5.75 Å². The monoisotopic (exact) mass is 344 g/mol. The first-order valence-electron chi connectivity index (χ1n) is 10.5. The van der Waals surface area contributed by atoms with Crippen LogP contribution in [-0.2, 0) is 6.54 Å². The molecule has 0 spiro atoms. The zero-order chi connectivity index (χ0) is 17.5. The number of piperidine rings is 1. The smallest absolute Gasteiger partial charge is 0.124 e. The molecule has 1 aromatic carbocycles. The van der Waals surface area contributed by atoms with Crippen molar-refractivity contribution in [1.29, 1.82) is 0 Å². The first kappa shape index (κ1) is 18.7. The molecule has 0 amide bonds. The number of nitrogens with zero attached hydrogens (tertiary/aromatic N) is 1. The number of unbranched alkanes of at least 4 members (excludes halogenated alkanes) is 3. The maximum atomic E-state index is 6.14. The Balaban J connectivity index is 1.54. The number of benzene rings is 1. The summed E-state index contributed by atoms with van der Waals surface area (Å²) in [6, 6.07) is 8.08. The molecule has 1 aromatic rings. The minimum atomic E-state index is 0.648. The molecular weight excluding hydrogens is 308 g/mol. The molecular formula is C22H36N2O. The van der Waals surface area contributed by atoms with Crippen LogP contribution in [0.25, 0.3) is 0 Å². The zero-order valence-electron chi connectivity index (χ0n) is 16.2. The second-order valence-electron chi connectivity index (χ2n) is 7.90. The van der Waals surface area contributed by atoms with Gasteiger partial charge in [-0.3, -0.25) is 4.90 Å². The van der Waals surface area contributed by atoms with Crippen LogP contribution in [0, 0.1) is 6.92 Å². The summed E-state index contributed by atoms with van der Waals surface area (Å²) in [6.45, 7) is 8.79. The van der Waals surface area contributed by atoms with E-state index >= 15 is 0 Å². The molecule has 3 heteroatoms. The maximum absolute atomic E-state index is 6.14. The van der Waals surface area contributed by atoms with Gasteiger partial charge in [0.25, 0.3) is 0 Å². The Hall–Kier alpha value is -1.06. The van der Waals surface area contributed by atoms with Gasteiger partial charge in [0.15, 0.2) is 0 Å². The summed E-state index contributed by atoms with van der Waals surface area (Å²) in [6.07, 6.45) is 10.4. The van der Waals surface area contributed by atoms with Gasteiger partial charge >= 0.3 is 0 Å². The lowest BCUT2D eigenvalue weighted by Gasteiger charge is -2.37. The number of hydrogen-bond acceptors (Lipinski definition) is 3. The third kappa shape index (κ3) is 5.21. The van der Waals surface area contributed by atoms with Crippen molar-refractivity contribution in [3.63, 3.8) is 0 Å². The molecule has 0 saturated carbocycles. The molecule has 2 heterocycles. The second-order valence-corrected chi connectivity index (χ2v) is 7.90. The summed E-state index contributed by atoms with van der Waals surface area (Å²) in [5, 5.41) is 3.86. The van der Waals surface area contributed by atoms with E-state index in [4.69, 9.17) is 4.74 Å². The van der Waals surface area contributed by atoms with E-state index < -0.39 is 0 Å². The Kier molecular flexibility index (Phi) is 7.18. The number of nitrogens with one attached hydrogen (secondary N) is 1. The minimum Gasteiger partial charge on any atom is -0.493 e. The van der Waals surface area contributed by atoms with Crippen molar-refractivity contribution in [3.05, 3.63) is 29.3 Å². The van der Waals surface area contributed by atoms with Crippen LogP contribution in [0.4, 0.5) is 0 Å². The van der Waals surface area contributed by atoms with Gasteiger partial charge in [-0.05, 0) is 63.7 Å². The van der Waals surface area contributed by atoms with Crippen LogP contribution in [0.2, 0.25) is 0 Å². The van der Waals surface area contributed by atoms with Crippen LogP contribution in [-0.4, -0.2) is 36.7 Å². The molecule has 3 rings (SSSR count). The highest BCUT2D eigenvalue weighted by atomic mass is 16.5. The Morgan fingerprint density at radius 1 is 1.12 bits per heavy atom. The van der Waals surface area contributed by atoms with E-state index in [0.29, 0.717) is 6.04 Å². The normalized spacial score (nSPS) is 23.6. The van der Waals surface area contributed by atoms with Gasteiger partial charge in [0, 0.05) is 24.2 Å². The van der Waals surface area contributed by atoms with Crippen molar-refractivity contribution in [2.75, 3.05) is 19.7 Å². The molecule has 0 radical (unpaired) electrons. The van der Waals surface area contributed by atoms with Crippen molar-refractivity contribution in [2.24, 2.45) is 0 Å².